The van der Waals surface area contributed by atoms with Gasteiger partial charge in [-0.05, 0) is 24.3 Å². The van der Waals surface area contributed by atoms with Gasteiger partial charge in [0.25, 0.3) is 5.91 Å². The van der Waals surface area contributed by atoms with E-state index in [2.05, 4.69) is 5.32 Å². The van der Waals surface area contributed by atoms with Crippen LogP contribution in [0.15, 0.2) is 83.8 Å². The molecule has 3 aromatic rings. The van der Waals surface area contributed by atoms with Crippen LogP contribution in [0.2, 0.25) is 0 Å². The van der Waals surface area contributed by atoms with Crippen LogP contribution >= 0.6 is 11.8 Å². The molecule has 7 nitrogen and oxygen atoms in total. The Kier molecular flexibility index (Phi) is 5.75. The monoisotopic (exact) mass is 474 g/mol. The summed E-state index contributed by atoms with van der Waals surface area (Å²) >= 11 is 1.31. The number of nitrogens with one attached hydrogen (secondary N) is 1. The van der Waals surface area contributed by atoms with Crippen LogP contribution in [0.5, 0.6) is 5.75 Å². The first kappa shape index (κ1) is 22.0. The van der Waals surface area contributed by atoms with Crippen molar-refractivity contribution >= 4 is 40.9 Å². The number of thioether (sulfide) groups is 1. The van der Waals surface area contributed by atoms with E-state index in [-0.39, 0.29) is 12.3 Å². The molecular formula is C26H22N2O5S. The number of anilines is 2. The number of esters is 1. The van der Waals surface area contributed by atoms with Gasteiger partial charge in [0.2, 0.25) is 12.0 Å². The molecule has 3 aromatic carbocycles. The second-order valence-electron chi connectivity index (χ2n) is 8.00. The smallest absolute Gasteiger partial charge is 0.344 e. The molecule has 0 spiro atoms. The fourth-order valence-corrected chi connectivity index (χ4v) is 5.68. The first-order valence-electron chi connectivity index (χ1n) is 10.8. The second kappa shape index (κ2) is 8.87. The summed E-state index contributed by atoms with van der Waals surface area (Å²) in [5.74, 6) is -0.661. The molecule has 0 radical (unpaired) electrons. The summed E-state index contributed by atoms with van der Waals surface area (Å²) in [5.41, 5.74) is 1.74. The first-order chi connectivity index (χ1) is 16.5. The van der Waals surface area contributed by atoms with Crippen molar-refractivity contribution in [3.63, 3.8) is 0 Å². The summed E-state index contributed by atoms with van der Waals surface area (Å²) in [6, 6.07) is 23.2. The normalized spacial score (nSPS) is 19.2. The molecule has 0 saturated carbocycles. The lowest BCUT2D eigenvalue weighted by atomic mass is 10.1. The van der Waals surface area contributed by atoms with E-state index in [9.17, 15) is 14.4 Å². The molecule has 0 bridgehead atoms. The number of amides is 2. The zero-order valence-corrected chi connectivity index (χ0v) is 19.2. The Morgan fingerprint density at radius 3 is 2.59 bits per heavy atom. The Morgan fingerprint density at radius 1 is 1.03 bits per heavy atom. The molecule has 1 saturated heterocycles. The predicted octanol–water partition coefficient (Wildman–Crippen LogP) is 4.55. The molecule has 172 valence electrons. The third-order valence-corrected chi connectivity index (χ3v) is 7.35. The van der Waals surface area contributed by atoms with Crippen LogP contribution in [-0.4, -0.2) is 29.8 Å². The maximum atomic E-state index is 13.7. The van der Waals surface area contributed by atoms with Crippen molar-refractivity contribution in [1.29, 1.82) is 0 Å². The number of ether oxygens (including phenoxy) is 2. The Hall–Kier alpha value is -3.78. The number of methoxy groups -OCH3 is 1. The van der Waals surface area contributed by atoms with Crippen molar-refractivity contribution in [3.05, 3.63) is 84.4 Å². The predicted molar refractivity (Wildman–Crippen MR) is 129 cm³/mol. The van der Waals surface area contributed by atoms with Crippen molar-refractivity contribution in [1.82, 2.24) is 0 Å². The van der Waals surface area contributed by atoms with E-state index in [1.807, 2.05) is 30.3 Å². The molecular weight excluding hydrogens is 452 g/mol. The minimum Gasteiger partial charge on any atom is -0.497 e. The lowest BCUT2D eigenvalue weighted by molar-refractivity contribution is -0.157. The number of nitrogens with zero attached hydrogens (tertiary/aromatic N) is 1. The fourth-order valence-electron chi connectivity index (χ4n) is 4.28. The molecule has 2 aliphatic rings. The Balaban J connectivity index is 1.44. The molecule has 0 unspecified atom stereocenters. The standard InChI is InChI=1S/C26H22N2O5S/c1-32-19-11-7-10-18(16-19)27-24(30)23(17-8-3-2-4-9-17)33-25(31)26-15-14-22(29)28(26)20-12-5-6-13-21(20)34-26/h2-13,16,23H,14-15H2,1H3,(H,27,30)/t23-,26+/m1/s1. The Labute approximate surface area is 201 Å². The summed E-state index contributed by atoms with van der Waals surface area (Å²) in [7, 11) is 1.54. The van der Waals surface area contributed by atoms with Gasteiger partial charge in [0.1, 0.15) is 5.75 Å². The highest BCUT2D eigenvalue weighted by Crippen LogP contribution is 2.56. The van der Waals surface area contributed by atoms with E-state index in [0.717, 1.165) is 4.90 Å². The van der Waals surface area contributed by atoms with Crippen LogP contribution in [0.4, 0.5) is 11.4 Å². The summed E-state index contributed by atoms with van der Waals surface area (Å²) in [4.78, 5) is 40.9. The van der Waals surface area contributed by atoms with Crippen molar-refractivity contribution in [2.75, 3.05) is 17.3 Å². The van der Waals surface area contributed by atoms with E-state index in [0.29, 0.717) is 29.1 Å². The van der Waals surface area contributed by atoms with E-state index in [1.54, 1.807) is 55.6 Å². The van der Waals surface area contributed by atoms with Gasteiger partial charge in [-0.15, -0.1) is 0 Å². The molecule has 0 aliphatic carbocycles. The molecule has 2 heterocycles. The highest BCUT2D eigenvalue weighted by molar-refractivity contribution is 8.02. The van der Waals surface area contributed by atoms with Crippen LogP contribution in [-0.2, 0) is 19.1 Å². The lowest BCUT2D eigenvalue weighted by Gasteiger charge is -2.30. The molecule has 8 heteroatoms. The van der Waals surface area contributed by atoms with Gasteiger partial charge in [0.15, 0.2) is 4.87 Å². The highest BCUT2D eigenvalue weighted by atomic mass is 32.2. The minimum atomic E-state index is -1.22. The van der Waals surface area contributed by atoms with Crippen LogP contribution in [0, 0.1) is 0 Å². The van der Waals surface area contributed by atoms with Gasteiger partial charge in [0, 0.05) is 35.1 Å². The van der Waals surface area contributed by atoms with E-state index >= 15 is 0 Å². The average molecular weight is 475 g/mol. The second-order valence-corrected chi connectivity index (χ2v) is 9.32. The summed E-state index contributed by atoms with van der Waals surface area (Å²) < 4.78 is 11.1. The van der Waals surface area contributed by atoms with Crippen molar-refractivity contribution in [2.24, 2.45) is 0 Å². The third kappa shape index (κ3) is 3.80. The third-order valence-electron chi connectivity index (χ3n) is 5.89. The zero-order chi connectivity index (χ0) is 23.7. The maximum absolute atomic E-state index is 13.7. The maximum Gasteiger partial charge on any atom is 0.344 e. The van der Waals surface area contributed by atoms with Crippen LogP contribution < -0.4 is 15.0 Å². The highest BCUT2D eigenvalue weighted by Gasteiger charge is 2.59. The van der Waals surface area contributed by atoms with Gasteiger partial charge in [-0.2, -0.15) is 0 Å². The summed E-state index contributed by atoms with van der Waals surface area (Å²) in [6.45, 7) is 0. The number of carbonyl (C=O) groups is 3. The van der Waals surface area contributed by atoms with Crippen molar-refractivity contribution < 1.29 is 23.9 Å². The largest absolute Gasteiger partial charge is 0.497 e. The molecule has 1 N–H and O–H groups in total. The summed E-state index contributed by atoms with van der Waals surface area (Å²) in [6.07, 6.45) is -0.651. The van der Waals surface area contributed by atoms with E-state index in [4.69, 9.17) is 9.47 Å². The molecule has 0 aromatic heterocycles. The van der Waals surface area contributed by atoms with Crippen LogP contribution in [0.25, 0.3) is 0 Å². The van der Waals surface area contributed by atoms with E-state index < -0.39 is 22.9 Å². The van der Waals surface area contributed by atoms with Crippen molar-refractivity contribution in [2.45, 2.75) is 28.7 Å². The number of benzene rings is 3. The molecule has 2 aliphatic heterocycles. The topological polar surface area (TPSA) is 84.9 Å². The SMILES string of the molecule is COc1cccc(NC(=O)[C@H](OC(=O)[C@@]23CCC(=O)N2c2ccccc2S3)c2ccccc2)c1. The van der Waals surface area contributed by atoms with Gasteiger partial charge in [-0.25, -0.2) is 4.79 Å². The molecule has 2 amide bonds. The van der Waals surface area contributed by atoms with Gasteiger partial charge in [-0.1, -0.05) is 60.3 Å². The number of carbonyl (C=O) groups excluding carboxylic acids is 3. The zero-order valence-electron chi connectivity index (χ0n) is 18.4. The van der Waals surface area contributed by atoms with Crippen LogP contribution in [0.3, 0.4) is 0 Å². The molecule has 34 heavy (non-hydrogen) atoms. The van der Waals surface area contributed by atoms with Crippen LogP contribution in [0.1, 0.15) is 24.5 Å². The average Bonchev–Trinajstić information content (AvgIpc) is 3.38. The van der Waals surface area contributed by atoms with E-state index in [1.165, 1.54) is 16.7 Å². The van der Waals surface area contributed by atoms with Gasteiger partial charge in [0.05, 0.1) is 12.8 Å². The van der Waals surface area contributed by atoms with Gasteiger partial charge >= 0.3 is 5.97 Å². The quantitative estimate of drug-likeness (QED) is 0.528. The number of rotatable bonds is 6. The molecule has 1 fully saturated rings. The number of fused-ring (bicyclic) bond motifs is 3. The fraction of sp³-hybridized carbons (Fsp3) is 0.192. The van der Waals surface area contributed by atoms with Gasteiger partial charge in [-0.3, -0.25) is 14.5 Å². The number of para-hydroxylation sites is 1. The Morgan fingerprint density at radius 2 is 1.79 bits per heavy atom. The molecule has 2 atom stereocenters. The Bertz CT molecular complexity index is 1260. The minimum absolute atomic E-state index is 0.133. The number of hydrogen-bond acceptors (Lipinski definition) is 6. The number of hydrogen-bond donors (Lipinski definition) is 1. The summed E-state index contributed by atoms with van der Waals surface area (Å²) in [5, 5.41) is 2.81. The molecule has 5 rings (SSSR count). The first-order valence-corrected chi connectivity index (χ1v) is 11.7. The van der Waals surface area contributed by atoms with Crippen molar-refractivity contribution in [3.8, 4) is 5.75 Å². The lowest BCUT2D eigenvalue weighted by Crippen LogP contribution is -2.48. The van der Waals surface area contributed by atoms with Gasteiger partial charge < -0.3 is 14.8 Å².